The Balaban J connectivity index is 2.08. The number of fused-ring (bicyclic) bond motifs is 2. The van der Waals surface area contributed by atoms with E-state index < -0.39 is 0 Å². The van der Waals surface area contributed by atoms with Crippen LogP contribution < -0.4 is 10.1 Å². The monoisotopic (exact) mass is 233 g/mol. The molecule has 0 spiro atoms. The topological polar surface area (TPSA) is 47.0 Å². The molecule has 1 N–H and O–H groups in total. The Morgan fingerprint density at radius 3 is 3.06 bits per heavy atom. The van der Waals surface area contributed by atoms with Gasteiger partial charge in [-0.1, -0.05) is 11.6 Å². The van der Waals surface area contributed by atoms with Gasteiger partial charge in [0.15, 0.2) is 5.82 Å². The van der Waals surface area contributed by atoms with Gasteiger partial charge in [0.05, 0.1) is 0 Å². The Bertz CT molecular complexity index is 545. The van der Waals surface area contributed by atoms with Crippen molar-refractivity contribution in [2.75, 3.05) is 5.32 Å². The number of ether oxygens (including phenoxy) is 1. The second kappa shape index (κ2) is 3.64. The van der Waals surface area contributed by atoms with E-state index in [0.717, 1.165) is 11.3 Å². The van der Waals surface area contributed by atoms with E-state index in [1.807, 2.05) is 12.1 Å². The molecule has 80 valence electrons. The summed E-state index contributed by atoms with van der Waals surface area (Å²) in [6.07, 6.45) is 3.22. The third kappa shape index (κ3) is 1.57. The summed E-state index contributed by atoms with van der Waals surface area (Å²) in [5, 5.41) is 3.84. The Morgan fingerprint density at radius 2 is 2.12 bits per heavy atom. The Morgan fingerprint density at radius 1 is 1.25 bits per heavy atom. The maximum absolute atomic E-state index is 5.93. The van der Waals surface area contributed by atoms with E-state index in [0.29, 0.717) is 23.3 Å². The first-order valence-corrected chi connectivity index (χ1v) is 5.22. The van der Waals surface area contributed by atoms with Crippen LogP contribution in [-0.4, -0.2) is 9.97 Å². The average molecular weight is 234 g/mol. The zero-order valence-electron chi connectivity index (χ0n) is 8.27. The van der Waals surface area contributed by atoms with Crippen LogP contribution in [0.4, 0.5) is 5.82 Å². The van der Waals surface area contributed by atoms with Gasteiger partial charge in [-0.3, -0.25) is 0 Å². The number of aromatic nitrogens is 2. The molecule has 0 atom stereocenters. The minimum Gasteiger partial charge on any atom is -0.436 e. The van der Waals surface area contributed by atoms with Gasteiger partial charge in [0, 0.05) is 29.5 Å². The summed E-state index contributed by atoms with van der Waals surface area (Å²) >= 11 is 5.93. The first-order valence-electron chi connectivity index (χ1n) is 4.84. The molecule has 0 saturated heterocycles. The third-order valence-electron chi connectivity index (χ3n) is 2.34. The predicted octanol–water partition coefficient (Wildman–Crippen LogP) is 2.85. The van der Waals surface area contributed by atoms with E-state index in [1.54, 1.807) is 18.5 Å². The number of benzene rings is 1. The molecule has 0 saturated carbocycles. The van der Waals surface area contributed by atoms with Crippen molar-refractivity contribution < 1.29 is 4.74 Å². The summed E-state index contributed by atoms with van der Waals surface area (Å²) in [5.41, 5.74) is 0.993. The number of nitrogens with zero attached hydrogens (tertiary/aromatic N) is 2. The van der Waals surface area contributed by atoms with Gasteiger partial charge in [-0.25, -0.2) is 9.97 Å². The van der Waals surface area contributed by atoms with E-state index in [9.17, 15) is 0 Å². The number of nitrogens with one attached hydrogen (secondary N) is 1. The van der Waals surface area contributed by atoms with Crippen molar-refractivity contribution in [1.29, 1.82) is 0 Å². The zero-order chi connectivity index (χ0) is 11.0. The first kappa shape index (κ1) is 9.42. The van der Waals surface area contributed by atoms with E-state index in [1.165, 1.54) is 0 Å². The fraction of sp³-hybridized carbons (Fsp3) is 0.0909. The van der Waals surface area contributed by atoms with Crippen molar-refractivity contribution >= 4 is 17.4 Å². The van der Waals surface area contributed by atoms with E-state index in [-0.39, 0.29) is 0 Å². The molecule has 1 aliphatic rings. The maximum atomic E-state index is 5.93. The summed E-state index contributed by atoms with van der Waals surface area (Å²) in [7, 11) is 0. The molecule has 1 aromatic heterocycles. The van der Waals surface area contributed by atoms with Crippen LogP contribution in [0.25, 0.3) is 0 Å². The van der Waals surface area contributed by atoms with Gasteiger partial charge >= 0.3 is 0 Å². The standard InChI is InChI=1S/C11H8ClN3O/c12-8-1-2-9-7(5-8)6-15-10-11(16-9)14-4-3-13-10/h1-5H,6H2,(H,13,15). The molecule has 0 bridgehead atoms. The quantitative estimate of drug-likeness (QED) is 0.760. The Labute approximate surface area is 97.3 Å². The molecule has 0 fully saturated rings. The number of rotatable bonds is 0. The van der Waals surface area contributed by atoms with Crippen LogP contribution in [0.1, 0.15) is 5.56 Å². The molecule has 0 amide bonds. The summed E-state index contributed by atoms with van der Waals surface area (Å²) in [6, 6.07) is 5.50. The van der Waals surface area contributed by atoms with Gasteiger partial charge < -0.3 is 10.1 Å². The number of halogens is 1. The van der Waals surface area contributed by atoms with Crippen LogP contribution in [0.3, 0.4) is 0 Å². The molecule has 0 unspecified atom stereocenters. The molecule has 16 heavy (non-hydrogen) atoms. The second-order valence-corrected chi connectivity index (χ2v) is 3.85. The lowest BCUT2D eigenvalue weighted by Gasteiger charge is -2.05. The van der Waals surface area contributed by atoms with E-state index in [2.05, 4.69) is 15.3 Å². The highest BCUT2D eigenvalue weighted by Crippen LogP contribution is 2.33. The van der Waals surface area contributed by atoms with Gasteiger partial charge in [-0.2, -0.15) is 0 Å². The largest absolute Gasteiger partial charge is 0.436 e. The van der Waals surface area contributed by atoms with E-state index >= 15 is 0 Å². The fourth-order valence-corrected chi connectivity index (χ4v) is 1.78. The van der Waals surface area contributed by atoms with Crippen LogP contribution >= 0.6 is 11.6 Å². The van der Waals surface area contributed by atoms with Crippen LogP contribution in [0.15, 0.2) is 30.6 Å². The molecule has 3 rings (SSSR count). The molecule has 2 heterocycles. The minimum absolute atomic E-state index is 0.489. The van der Waals surface area contributed by atoms with Gasteiger partial charge in [0.25, 0.3) is 5.88 Å². The predicted molar refractivity (Wildman–Crippen MR) is 60.9 cm³/mol. The summed E-state index contributed by atoms with van der Waals surface area (Å²) in [4.78, 5) is 8.27. The minimum atomic E-state index is 0.489. The Hall–Kier alpha value is -1.81. The molecule has 0 aliphatic carbocycles. The average Bonchev–Trinajstić information content (AvgIpc) is 2.48. The lowest BCUT2D eigenvalue weighted by molar-refractivity contribution is 0.463. The maximum Gasteiger partial charge on any atom is 0.262 e. The zero-order valence-corrected chi connectivity index (χ0v) is 9.03. The molecule has 1 aliphatic heterocycles. The van der Waals surface area contributed by atoms with Crippen molar-refractivity contribution in [2.45, 2.75) is 6.54 Å². The third-order valence-corrected chi connectivity index (χ3v) is 2.58. The number of hydrogen-bond donors (Lipinski definition) is 1. The highest BCUT2D eigenvalue weighted by atomic mass is 35.5. The highest BCUT2D eigenvalue weighted by Gasteiger charge is 2.15. The lowest BCUT2D eigenvalue weighted by Crippen LogP contribution is -1.99. The second-order valence-electron chi connectivity index (χ2n) is 3.42. The number of hydrogen-bond acceptors (Lipinski definition) is 4. The molecular weight excluding hydrogens is 226 g/mol. The highest BCUT2D eigenvalue weighted by molar-refractivity contribution is 6.30. The van der Waals surface area contributed by atoms with Crippen LogP contribution in [0.5, 0.6) is 11.6 Å². The van der Waals surface area contributed by atoms with E-state index in [4.69, 9.17) is 16.3 Å². The number of anilines is 1. The van der Waals surface area contributed by atoms with Crippen molar-refractivity contribution in [2.24, 2.45) is 0 Å². The van der Waals surface area contributed by atoms with Gasteiger partial charge in [-0.15, -0.1) is 0 Å². The van der Waals surface area contributed by atoms with Crippen molar-refractivity contribution in [3.63, 3.8) is 0 Å². The fourth-order valence-electron chi connectivity index (χ4n) is 1.59. The van der Waals surface area contributed by atoms with Gasteiger partial charge in [-0.05, 0) is 18.2 Å². The molecule has 5 heteroatoms. The van der Waals surface area contributed by atoms with Gasteiger partial charge in [0.2, 0.25) is 0 Å². The van der Waals surface area contributed by atoms with Crippen molar-refractivity contribution in [1.82, 2.24) is 9.97 Å². The first-order chi connectivity index (χ1) is 7.83. The summed E-state index contributed by atoms with van der Waals surface area (Å²) < 4.78 is 5.66. The normalized spacial score (nSPS) is 12.8. The molecule has 4 nitrogen and oxygen atoms in total. The molecule has 2 aromatic rings. The van der Waals surface area contributed by atoms with Crippen LogP contribution in [0.2, 0.25) is 5.02 Å². The van der Waals surface area contributed by atoms with Crippen molar-refractivity contribution in [3.05, 3.63) is 41.2 Å². The molecular formula is C11H8ClN3O. The molecule has 1 aromatic carbocycles. The summed E-state index contributed by atoms with van der Waals surface area (Å²) in [6.45, 7) is 0.627. The SMILES string of the molecule is Clc1ccc2c(c1)CNc1nccnc1O2. The smallest absolute Gasteiger partial charge is 0.262 e. The van der Waals surface area contributed by atoms with Crippen molar-refractivity contribution in [3.8, 4) is 11.6 Å². The lowest BCUT2D eigenvalue weighted by atomic mass is 10.2. The van der Waals surface area contributed by atoms with Crippen LogP contribution in [0, 0.1) is 0 Å². The van der Waals surface area contributed by atoms with Gasteiger partial charge in [0.1, 0.15) is 5.75 Å². The summed E-state index contributed by atoms with van der Waals surface area (Å²) in [5.74, 6) is 1.90. The van der Waals surface area contributed by atoms with Crippen LogP contribution in [-0.2, 0) is 6.54 Å². The molecule has 0 radical (unpaired) electrons. The Kier molecular flexibility index (Phi) is 2.15.